The molecular weight excluding hydrogens is 176 g/mol. The molecule has 13 heavy (non-hydrogen) atoms. The molecule has 0 fully saturated rings. The number of pyridine rings is 1. The van der Waals surface area contributed by atoms with E-state index in [1.54, 1.807) is 0 Å². The molecule has 7 nitrogen and oxygen atoms in total. The molecule has 0 aliphatic heterocycles. The molecule has 70 valence electrons. The first-order chi connectivity index (χ1) is 6.19. The molecule has 3 N–H and O–H groups in total. The van der Waals surface area contributed by atoms with Crippen LogP contribution in [0.4, 0.5) is 11.5 Å². The Morgan fingerprint density at radius 2 is 2.38 bits per heavy atom. The number of hydrogen-bond acceptors (Lipinski definition) is 6. The summed E-state index contributed by atoms with van der Waals surface area (Å²) in [5, 5.41) is 10.4. The molecule has 0 radical (unpaired) electrons. The van der Waals surface area contributed by atoms with E-state index in [9.17, 15) is 10.1 Å². The second kappa shape index (κ2) is 3.68. The zero-order valence-corrected chi connectivity index (χ0v) is 6.85. The highest BCUT2D eigenvalue weighted by Crippen LogP contribution is 2.23. The number of nitro groups is 1. The maximum atomic E-state index is 10.4. The van der Waals surface area contributed by atoms with Crippen LogP contribution < -0.4 is 16.0 Å². The molecule has 0 saturated carbocycles. The lowest BCUT2D eigenvalue weighted by Crippen LogP contribution is -2.11. The van der Waals surface area contributed by atoms with E-state index in [-0.39, 0.29) is 17.4 Å². The number of hydrogen-bond donors (Lipinski definition) is 2. The van der Waals surface area contributed by atoms with E-state index < -0.39 is 4.92 Å². The average Bonchev–Trinajstić information content (AvgIpc) is 2.16. The minimum Gasteiger partial charge on any atom is -0.481 e. The summed E-state index contributed by atoms with van der Waals surface area (Å²) in [7, 11) is 1.41. The third kappa shape index (κ3) is 1.82. The highest BCUT2D eigenvalue weighted by molar-refractivity contribution is 5.56. The fourth-order valence-corrected chi connectivity index (χ4v) is 0.801. The van der Waals surface area contributed by atoms with E-state index in [2.05, 4.69) is 10.4 Å². The summed E-state index contributed by atoms with van der Waals surface area (Å²) in [5.41, 5.74) is 1.93. The third-order valence-electron chi connectivity index (χ3n) is 1.39. The predicted molar refractivity (Wildman–Crippen MR) is 45.3 cm³/mol. The van der Waals surface area contributed by atoms with Gasteiger partial charge < -0.3 is 10.2 Å². The van der Waals surface area contributed by atoms with Gasteiger partial charge in [0, 0.05) is 12.1 Å². The van der Waals surface area contributed by atoms with Gasteiger partial charge in [0.2, 0.25) is 11.7 Å². The minimum atomic E-state index is -0.582. The van der Waals surface area contributed by atoms with Gasteiger partial charge >= 0.3 is 5.69 Å². The van der Waals surface area contributed by atoms with Gasteiger partial charge in [0.25, 0.3) is 0 Å². The Morgan fingerprint density at radius 1 is 1.69 bits per heavy atom. The van der Waals surface area contributed by atoms with Crippen molar-refractivity contribution in [1.29, 1.82) is 0 Å². The van der Waals surface area contributed by atoms with Crippen molar-refractivity contribution in [2.45, 2.75) is 0 Å². The molecule has 1 rings (SSSR count). The summed E-state index contributed by atoms with van der Waals surface area (Å²) < 4.78 is 4.76. The van der Waals surface area contributed by atoms with Crippen LogP contribution in [0.25, 0.3) is 0 Å². The second-order valence-electron chi connectivity index (χ2n) is 2.12. The van der Waals surface area contributed by atoms with Gasteiger partial charge in [-0.25, -0.2) is 5.84 Å². The number of hydrazine groups is 1. The monoisotopic (exact) mass is 184 g/mol. The zero-order chi connectivity index (χ0) is 9.84. The number of anilines is 1. The first-order valence-corrected chi connectivity index (χ1v) is 3.35. The van der Waals surface area contributed by atoms with E-state index in [1.165, 1.54) is 19.2 Å². The molecule has 1 aromatic rings. The summed E-state index contributed by atoms with van der Waals surface area (Å²) >= 11 is 0. The fourth-order valence-electron chi connectivity index (χ4n) is 0.801. The number of aromatic nitrogens is 1. The van der Waals surface area contributed by atoms with E-state index in [1.807, 2.05) is 0 Å². The van der Waals surface area contributed by atoms with E-state index in [0.29, 0.717) is 0 Å². The van der Waals surface area contributed by atoms with E-state index in [0.717, 1.165) is 0 Å². The van der Waals surface area contributed by atoms with Gasteiger partial charge in [0.05, 0.1) is 12.0 Å². The Labute approximate surface area is 73.6 Å². The summed E-state index contributed by atoms with van der Waals surface area (Å²) in [5.74, 6) is 5.28. The van der Waals surface area contributed by atoms with Gasteiger partial charge in [-0.2, -0.15) is 4.98 Å². The van der Waals surface area contributed by atoms with Gasteiger partial charge in [0.15, 0.2) is 0 Å². The van der Waals surface area contributed by atoms with Crippen molar-refractivity contribution in [3.05, 3.63) is 22.2 Å². The number of nitrogens with two attached hydrogens (primary N) is 1. The SMILES string of the molecule is COc1ccc([N+](=O)[O-])c(NN)n1. The highest BCUT2D eigenvalue weighted by atomic mass is 16.6. The highest BCUT2D eigenvalue weighted by Gasteiger charge is 2.14. The smallest absolute Gasteiger partial charge is 0.312 e. The van der Waals surface area contributed by atoms with Crippen molar-refractivity contribution < 1.29 is 9.66 Å². The lowest BCUT2D eigenvalue weighted by molar-refractivity contribution is -0.384. The Kier molecular flexibility index (Phi) is 2.60. The Bertz CT molecular complexity index is 328. The molecule has 0 atom stereocenters. The molecule has 0 aliphatic rings. The molecule has 7 heteroatoms. The number of ether oxygens (including phenoxy) is 1. The molecule has 0 spiro atoms. The minimum absolute atomic E-state index is 0.0237. The number of methoxy groups -OCH3 is 1. The fraction of sp³-hybridized carbons (Fsp3) is 0.167. The van der Waals surface area contributed by atoms with Gasteiger partial charge in [-0.3, -0.25) is 10.1 Å². The van der Waals surface area contributed by atoms with Crippen LogP contribution in [-0.4, -0.2) is 17.0 Å². The zero-order valence-electron chi connectivity index (χ0n) is 6.85. The van der Waals surface area contributed by atoms with Gasteiger partial charge in [0.1, 0.15) is 0 Å². The number of nitrogens with one attached hydrogen (secondary N) is 1. The largest absolute Gasteiger partial charge is 0.481 e. The summed E-state index contributed by atoms with van der Waals surface area (Å²) in [6.45, 7) is 0. The molecule has 0 amide bonds. The van der Waals surface area contributed by atoms with Crippen molar-refractivity contribution in [2.24, 2.45) is 5.84 Å². The summed E-state index contributed by atoms with van der Waals surface area (Å²) in [6.07, 6.45) is 0. The van der Waals surface area contributed by atoms with E-state index in [4.69, 9.17) is 10.6 Å². The molecule has 0 aromatic carbocycles. The van der Waals surface area contributed by atoms with Crippen molar-refractivity contribution in [3.8, 4) is 5.88 Å². The number of rotatable bonds is 3. The molecule has 0 aliphatic carbocycles. The van der Waals surface area contributed by atoms with Crippen LogP contribution in [0.5, 0.6) is 5.88 Å². The predicted octanol–water partition coefficient (Wildman–Crippen LogP) is 0.284. The van der Waals surface area contributed by atoms with Crippen molar-refractivity contribution in [1.82, 2.24) is 4.98 Å². The van der Waals surface area contributed by atoms with Gasteiger partial charge in [-0.1, -0.05) is 0 Å². The van der Waals surface area contributed by atoms with Crippen molar-refractivity contribution in [2.75, 3.05) is 12.5 Å². The molecule has 1 aromatic heterocycles. The molecule has 1 heterocycles. The van der Waals surface area contributed by atoms with E-state index >= 15 is 0 Å². The van der Waals surface area contributed by atoms with Crippen LogP contribution in [0.15, 0.2) is 12.1 Å². The third-order valence-corrected chi connectivity index (χ3v) is 1.39. The maximum Gasteiger partial charge on any atom is 0.312 e. The number of nitrogen functional groups attached to an aromatic ring is 1. The standard InChI is InChI=1S/C6H8N4O3/c1-13-5-3-2-4(10(11)12)6(8-5)9-7/h2-3H,7H2,1H3,(H,8,9). The lowest BCUT2D eigenvalue weighted by atomic mass is 10.4. The van der Waals surface area contributed by atoms with Crippen LogP contribution in [0.3, 0.4) is 0 Å². The Hall–Kier alpha value is -1.89. The first kappa shape index (κ1) is 9.20. The number of nitrogens with zero attached hydrogens (tertiary/aromatic N) is 2. The molecule has 0 unspecified atom stereocenters. The van der Waals surface area contributed by atoms with Gasteiger partial charge in [-0.05, 0) is 0 Å². The van der Waals surface area contributed by atoms with Crippen molar-refractivity contribution >= 4 is 11.5 Å². The van der Waals surface area contributed by atoms with Crippen LogP contribution in [0.1, 0.15) is 0 Å². The van der Waals surface area contributed by atoms with Crippen LogP contribution in [0, 0.1) is 10.1 Å². The summed E-state index contributed by atoms with van der Waals surface area (Å²) in [4.78, 5) is 13.6. The summed E-state index contributed by atoms with van der Waals surface area (Å²) in [6, 6.07) is 2.65. The quantitative estimate of drug-likeness (QED) is 0.397. The van der Waals surface area contributed by atoms with Crippen LogP contribution >= 0.6 is 0 Å². The molecular formula is C6H8N4O3. The molecule has 0 bridgehead atoms. The average molecular weight is 184 g/mol. The second-order valence-corrected chi connectivity index (χ2v) is 2.12. The van der Waals surface area contributed by atoms with Gasteiger partial charge in [-0.15, -0.1) is 0 Å². The Balaban J connectivity index is 3.15. The van der Waals surface area contributed by atoms with Crippen LogP contribution in [0.2, 0.25) is 0 Å². The topological polar surface area (TPSA) is 103 Å². The Morgan fingerprint density at radius 3 is 2.85 bits per heavy atom. The molecule has 0 saturated heterocycles. The van der Waals surface area contributed by atoms with Crippen molar-refractivity contribution in [3.63, 3.8) is 0 Å². The van der Waals surface area contributed by atoms with Crippen LogP contribution in [-0.2, 0) is 0 Å². The first-order valence-electron chi connectivity index (χ1n) is 3.35. The lowest BCUT2D eigenvalue weighted by Gasteiger charge is -2.02. The maximum absolute atomic E-state index is 10.4. The normalized spacial score (nSPS) is 9.38.